The second-order valence-electron chi connectivity index (χ2n) is 6.14. The van der Waals surface area contributed by atoms with Crippen molar-refractivity contribution >= 4 is 21.8 Å². The van der Waals surface area contributed by atoms with Gasteiger partial charge >= 0.3 is 0 Å². The zero-order chi connectivity index (χ0) is 17.4. The van der Waals surface area contributed by atoms with Crippen LogP contribution in [0, 0.1) is 0 Å². The number of methoxy groups -OCH3 is 1. The lowest BCUT2D eigenvalue weighted by Gasteiger charge is -2.11. The molecule has 25 heavy (non-hydrogen) atoms. The molecule has 0 radical (unpaired) electrons. The molecule has 4 rings (SSSR count). The third kappa shape index (κ3) is 2.61. The van der Waals surface area contributed by atoms with Gasteiger partial charge in [0.15, 0.2) is 0 Å². The lowest BCUT2D eigenvalue weighted by molar-refractivity contribution is 0.275. The third-order valence-electron chi connectivity index (χ3n) is 4.65. The Morgan fingerprint density at radius 1 is 1.00 bits per heavy atom. The highest BCUT2D eigenvalue weighted by Gasteiger charge is 2.17. The van der Waals surface area contributed by atoms with Gasteiger partial charge in [0, 0.05) is 34.4 Å². The lowest BCUT2D eigenvalue weighted by atomic mass is 9.97. The van der Waals surface area contributed by atoms with Gasteiger partial charge in [-0.15, -0.1) is 0 Å². The van der Waals surface area contributed by atoms with Crippen molar-refractivity contribution in [1.82, 2.24) is 4.98 Å². The maximum Gasteiger partial charge on any atom is 0.126 e. The van der Waals surface area contributed by atoms with Crippen molar-refractivity contribution in [3.05, 3.63) is 71.3 Å². The van der Waals surface area contributed by atoms with Crippen molar-refractivity contribution in [2.45, 2.75) is 13.0 Å². The van der Waals surface area contributed by atoms with Crippen LogP contribution < -0.4 is 4.74 Å². The van der Waals surface area contributed by atoms with Crippen molar-refractivity contribution in [1.29, 1.82) is 0 Å². The van der Waals surface area contributed by atoms with Crippen molar-refractivity contribution in [2.24, 2.45) is 0 Å². The first-order chi connectivity index (χ1) is 12.2. The highest BCUT2D eigenvalue weighted by Crippen LogP contribution is 2.37. The summed E-state index contributed by atoms with van der Waals surface area (Å²) in [7, 11) is 1.64. The molecule has 0 unspecified atom stereocenters. The molecule has 4 heteroatoms. The number of fused-ring (bicyclic) bond motifs is 3. The van der Waals surface area contributed by atoms with Crippen LogP contribution in [0.25, 0.3) is 21.8 Å². The number of H-pyrrole nitrogens is 1. The zero-order valence-electron chi connectivity index (χ0n) is 13.9. The Morgan fingerprint density at radius 2 is 1.80 bits per heavy atom. The number of ether oxygens (including phenoxy) is 1. The number of phenols is 1. The van der Waals surface area contributed by atoms with Crippen LogP contribution in [-0.4, -0.2) is 22.3 Å². The van der Waals surface area contributed by atoms with E-state index >= 15 is 0 Å². The Bertz CT molecular complexity index is 1050. The average molecular weight is 333 g/mol. The Labute approximate surface area is 145 Å². The molecule has 3 N–H and O–H groups in total. The van der Waals surface area contributed by atoms with Gasteiger partial charge in [-0.1, -0.05) is 30.3 Å². The van der Waals surface area contributed by atoms with Crippen molar-refractivity contribution in [2.75, 3.05) is 7.11 Å². The molecule has 0 saturated heterocycles. The largest absolute Gasteiger partial charge is 0.507 e. The fourth-order valence-electron chi connectivity index (χ4n) is 3.36. The van der Waals surface area contributed by atoms with Gasteiger partial charge in [-0.05, 0) is 23.8 Å². The quantitative estimate of drug-likeness (QED) is 0.526. The number of aromatic nitrogens is 1. The van der Waals surface area contributed by atoms with Gasteiger partial charge < -0.3 is 19.9 Å². The number of aromatic amines is 1. The third-order valence-corrected chi connectivity index (χ3v) is 4.65. The van der Waals surface area contributed by atoms with Crippen LogP contribution in [0.2, 0.25) is 0 Å². The SMILES string of the molecule is COc1ccc2c(c1)[nH]c1c(Cc3ccccc3)c(O)c(CO)cc12. The molecule has 126 valence electrons. The van der Waals surface area contributed by atoms with Crippen LogP contribution >= 0.6 is 0 Å². The maximum atomic E-state index is 10.7. The summed E-state index contributed by atoms with van der Waals surface area (Å²) >= 11 is 0. The lowest BCUT2D eigenvalue weighted by Crippen LogP contribution is -1.95. The molecule has 0 saturated carbocycles. The molecule has 0 bridgehead atoms. The summed E-state index contributed by atoms with van der Waals surface area (Å²) in [6.45, 7) is -0.202. The fraction of sp³-hybridized carbons (Fsp3) is 0.143. The topological polar surface area (TPSA) is 65.5 Å². The monoisotopic (exact) mass is 333 g/mol. The molecule has 3 aromatic carbocycles. The summed E-state index contributed by atoms with van der Waals surface area (Å²) in [6, 6.07) is 17.7. The Hall–Kier alpha value is -2.98. The van der Waals surface area contributed by atoms with Gasteiger partial charge in [-0.25, -0.2) is 0 Å². The van der Waals surface area contributed by atoms with E-state index in [-0.39, 0.29) is 12.4 Å². The van der Waals surface area contributed by atoms with Crippen molar-refractivity contribution in [3.63, 3.8) is 0 Å². The van der Waals surface area contributed by atoms with E-state index < -0.39 is 0 Å². The predicted octanol–water partition coefficient (Wildman–Crippen LogP) is 4.12. The molecule has 0 aliphatic heterocycles. The molecule has 0 spiro atoms. The fourth-order valence-corrected chi connectivity index (χ4v) is 3.36. The predicted molar refractivity (Wildman–Crippen MR) is 99.2 cm³/mol. The van der Waals surface area contributed by atoms with Crippen LogP contribution in [-0.2, 0) is 13.0 Å². The number of aliphatic hydroxyl groups is 1. The van der Waals surface area contributed by atoms with Crippen molar-refractivity contribution < 1.29 is 14.9 Å². The maximum absolute atomic E-state index is 10.7. The number of hydrogen-bond acceptors (Lipinski definition) is 3. The number of aromatic hydroxyl groups is 1. The van der Waals surface area contributed by atoms with Crippen LogP contribution in [0.3, 0.4) is 0 Å². The molecule has 4 nitrogen and oxygen atoms in total. The Balaban J connectivity index is 1.99. The molecule has 0 atom stereocenters. The highest BCUT2D eigenvalue weighted by atomic mass is 16.5. The highest BCUT2D eigenvalue weighted by molar-refractivity contribution is 6.09. The van der Waals surface area contributed by atoms with E-state index in [9.17, 15) is 10.2 Å². The molecule has 0 amide bonds. The molecule has 0 aliphatic carbocycles. The number of aliphatic hydroxyl groups excluding tert-OH is 1. The summed E-state index contributed by atoms with van der Waals surface area (Å²) in [5.74, 6) is 0.924. The average Bonchev–Trinajstić information content (AvgIpc) is 3.02. The number of nitrogens with one attached hydrogen (secondary N) is 1. The summed E-state index contributed by atoms with van der Waals surface area (Å²) in [6.07, 6.45) is 0.584. The minimum atomic E-state index is -0.202. The normalized spacial score (nSPS) is 11.3. The zero-order valence-corrected chi connectivity index (χ0v) is 13.9. The van der Waals surface area contributed by atoms with Gasteiger partial charge in [0.1, 0.15) is 11.5 Å². The summed E-state index contributed by atoms with van der Waals surface area (Å²) in [5, 5.41) is 22.4. The molecule has 0 fully saturated rings. The number of benzene rings is 3. The minimum Gasteiger partial charge on any atom is -0.507 e. The van der Waals surface area contributed by atoms with E-state index in [1.165, 1.54) is 0 Å². The smallest absolute Gasteiger partial charge is 0.126 e. The number of hydrogen-bond donors (Lipinski definition) is 3. The second kappa shape index (κ2) is 6.15. The van der Waals surface area contributed by atoms with Crippen LogP contribution in [0.15, 0.2) is 54.6 Å². The summed E-state index contributed by atoms with van der Waals surface area (Å²) in [5.41, 5.74) is 4.27. The second-order valence-corrected chi connectivity index (χ2v) is 6.14. The molecule has 0 aliphatic rings. The Kier molecular flexibility index (Phi) is 3.82. The van der Waals surface area contributed by atoms with Gasteiger partial charge in [0.2, 0.25) is 0 Å². The van der Waals surface area contributed by atoms with Gasteiger partial charge in [-0.2, -0.15) is 0 Å². The van der Waals surface area contributed by atoms with E-state index in [1.54, 1.807) is 7.11 Å². The van der Waals surface area contributed by atoms with Crippen LogP contribution in [0.4, 0.5) is 0 Å². The van der Waals surface area contributed by atoms with Gasteiger partial charge in [-0.3, -0.25) is 0 Å². The van der Waals surface area contributed by atoms with E-state index in [4.69, 9.17) is 4.74 Å². The van der Waals surface area contributed by atoms with E-state index in [2.05, 4.69) is 4.98 Å². The van der Waals surface area contributed by atoms with Gasteiger partial charge in [0.25, 0.3) is 0 Å². The first-order valence-corrected chi connectivity index (χ1v) is 8.19. The van der Waals surface area contributed by atoms with E-state index in [1.807, 2.05) is 54.6 Å². The van der Waals surface area contributed by atoms with Crippen LogP contribution in [0.5, 0.6) is 11.5 Å². The molecule has 4 aromatic rings. The van der Waals surface area contributed by atoms with Crippen LogP contribution in [0.1, 0.15) is 16.7 Å². The van der Waals surface area contributed by atoms with Gasteiger partial charge in [0.05, 0.1) is 24.8 Å². The summed E-state index contributed by atoms with van der Waals surface area (Å²) < 4.78 is 5.30. The molecular weight excluding hydrogens is 314 g/mol. The minimum absolute atomic E-state index is 0.150. The molecular formula is C21H19NO3. The standard InChI is InChI=1S/C21H19NO3/c1-25-15-7-8-16-17-10-14(12-23)21(24)18(20(17)22-19(16)11-15)9-13-5-3-2-4-6-13/h2-8,10-11,22-24H,9,12H2,1H3. The number of rotatable bonds is 4. The van der Waals surface area contributed by atoms with Crippen molar-refractivity contribution in [3.8, 4) is 11.5 Å². The molecule has 1 aromatic heterocycles. The first kappa shape index (κ1) is 15.5. The molecule has 1 heterocycles. The first-order valence-electron chi connectivity index (χ1n) is 8.19. The summed E-state index contributed by atoms with van der Waals surface area (Å²) in [4.78, 5) is 3.41. The Morgan fingerprint density at radius 3 is 2.52 bits per heavy atom. The van der Waals surface area contributed by atoms with E-state index in [0.717, 1.165) is 38.7 Å². The van der Waals surface area contributed by atoms with E-state index in [0.29, 0.717) is 12.0 Å².